The van der Waals surface area contributed by atoms with E-state index in [9.17, 15) is 4.91 Å². The third kappa shape index (κ3) is 0.963. The first-order chi connectivity index (χ1) is 5.40. The Labute approximate surface area is 64.5 Å². The van der Waals surface area contributed by atoms with Crippen LogP contribution < -0.4 is 0 Å². The molecule has 0 spiro atoms. The Kier molecular flexibility index (Phi) is 1.32. The summed E-state index contributed by atoms with van der Waals surface area (Å²) in [4.78, 5) is 10.1. The van der Waals surface area contributed by atoms with Gasteiger partial charge in [-0.2, -0.15) is 0 Å². The number of fused-ring (bicyclic) bond motifs is 1. The van der Waals surface area contributed by atoms with Crippen molar-refractivity contribution in [3.63, 3.8) is 0 Å². The van der Waals surface area contributed by atoms with Gasteiger partial charge in [-0.1, -0.05) is 18.2 Å². The topological polar surface area (TPSA) is 29.4 Å². The predicted molar refractivity (Wildman–Crippen MR) is 44.6 cm³/mol. The highest BCUT2D eigenvalue weighted by Crippen LogP contribution is 2.23. The van der Waals surface area contributed by atoms with E-state index in [0.29, 0.717) is 5.69 Å². The van der Waals surface area contributed by atoms with Crippen LogP contribution in [0.25, 0.3) is 6.08 Å². The Morgan fingerprint density at radius 1 is 1.36 bits per heavy atom. The summed E-state index contributed by atoms with van der Waals surface area (Å²) >= 11 is 0. The maximum absolute atomic E-state index is 10.1. The Hall–Kier alpha value is -1.44. The van der Waals surface area contributed by atoms with Crippen LogP contribution in [0.2, 0.25) is 0 Å². The summed E-state index contributed by atoms with van der Waals surface area (Å²) in [7, 11) is 0. The lowest BCUT2D eigenvalue weighted by Crippen LogP contribution is -1.78. The van der Waals surface area contributed by atoms with Crippen molar-refractivity contribution in [2.45, 2.75) is 6.42 Å². The zero-order valence-corrected chi connectivity index (χ0v) is 5.95. The second-order valence-corrected chi connectivity index (χ2v) is 2.58. The van der Waals surface area contributed by atoms with Crippen molar-refractivity contribution in [1.29, 1.82) is 0 Å². The first kappa shape index (κ1) is 6.28. The fourth-order valence-electron chi connectivity index (χ4n) is 1.29. The standard InChI is InChI=1S/C9H7NO/c11-10-9-5-4-7-2-1-3-8(7)6-9/h1,3-6H,2H2. The van der Waals surface area contributed by atoms with Crippen LogP contribution in [0.15, 0.2) is 29.5 Å². The number of benzene rings is 1. The molecule has 0 unspecified atom stereocenters. The van der Waals surface area contributed by atoms with Crippen LogP contribution in [0.3, 0.4) is 0 Å². The maximum Gasteiger partial charge on any atom is 0.108 e. The molecule has 1 aromatic carbocycles. The van der Waals surface area contributed by atoms with Crippen molar-refractivity contribution in [3.05, 3.63) is 40.3 Å². The Morgan fingerprint density at radius 2 is 2.27 bits per heavy atom. The minimum Gasteiger partial charge on any atom is -0.145 e. The summed E-state index contributed by atoms with van der Waals surface area (Å²) < 4.78 is 0. The van der Waals surface area contributed by atoms with Gasteiger partial charge in [-0.15, -0.1) is 4.91 Å². The number of hydrogen-bond acceptors (Lipinski definition) is 2. The molecule has 0 saturated heterocycles. The van der Waals surface area contributed by atoms with Crippen LogP contribution in [0, 0.1) is 4.91 Å². The summed E-state index contributed by atoms with van der Waals surface area (Å²) in [6, 6.07) is 5.51. The highest BCUT2D eigenvalue weighted by atomic mass is 16.3. The molecule has 2 nitrogen and oxygen atoms in total. The first-order valence-electron chi connectivity index (χ1n) is 3.53. The highest BCUT2D eigenvalue weighted by molar-refractivity contribution is 5.63. The molecular weight excluding hydrogens is 138 g/mol. The lowest BCUT2D eigenvalue weighted by atomic mass is 10.1. The Morgan fingerprint density at radius 3 is 3.09 bits per heavy atom. The summed E-state index contributed by atoms with van der Waals surface area (Å²) in [6.07, 6.45) is 5.08. The monoisotopic (exact) mass is 145 g/mol. The molecule has 0 aliphatic heterocycles. The third-order valence-electron chi connectivity index (χ3n) is 1.87. The molecule has 0 aromatic heterocycles. The van der Waals surface area contributed by atoms with Crippen molar-refractivity contribution < 1.29 is 0 Å². The van der Waals surface area contributed by atoms with Crippen LogP contribution >= 0.6 is 0 Å². The molecule has 0 saturated carbocycles. The summed E-state index contributed by atoms with van der Waals surface area (Å²) in [5.74, 6) is 0. The van der Waals surface area contributed by atoms with Gasteiger partial charge in [0.15, 0.2) is 0 Å². The molecule has 1 aliphatic rings. The van der Waals surface area contributed by atoms with E-state index in [4.69, 9.17) is 0 Å². The second kappa shape index (κ2) is 2.31. The fourth-order valence-corrected chi connectivity index (χ4v) is 1.29. The Balaban J connectivity index is 2.55. The van der Waals surface area contributed by atoms with Crippen LogP contribution in [0.1, 0.15) is 11.1 Å². The third-order valence-corrected chi connectivity index (χ3v) is 1.87. The number of nitroso groups, excluding NO2 is 1. The van der Waals surface area contributed by atoms with E-state index in [1.54, 1.807) is 6.07 Å². The van der Waals surface area contributed by atoms with Gasteiger partial charge in [-0.25, -0.2) is 0 Å². The zero-order chi connectivity index (χ0) is 7.68. The lowest BCUT2D eigenvalue weighted by Gasteiger charge is -1.96. The van der Waals surface area contributed by atoms with E-state index in [1.165, 1.54) is 5.56 Å². The molecule has 54 valence electrons. The fraction of sp³-hybridized carbons (Fsp3) is 0.111. The van der Waals surface area contributed by atoms with Gasteiger partial charge in [0.1, 0.15) is 5.69 Å². The van der Waals surface area contributed by atoms with Crippen molar-refractivity contribution in [3.8, 4) is 0 Å². The van der Waals surface area contributed by atoms with Gasteiger partial charge in [0, 0.05) is 0 Å². The molecule has 0 radical (unpaired) electrons. The van der Waals surface area contributed by atoms with Crippen molar-refractivity contribution in [1.82, 2.24) is 0 Å². The average Bonchev–Trinajstić information content (AvgIpc) is 2.50. The molecule has 0 heterocycles. The number of hydrogen-bond donors (Lipinski definition) is 0. The smallest absolute Gasteiger partial charge is 0.108 e. The van der Waals surface area contributed by atoms with E-state index in [-0.39, 0.29) is 0 Å². The number of nitrogens with zero attached hydrogens (tertiary/aromatic N) is 1. The van der Waals surface area contributed by atoms with E-state index in [0.717, 1.165) is 12.0 Å². The molecular formula is C9H7NO. The number of rotatable bonds is 1. The molecule has 0 bridgehead atoms. The van der Waals surface area contributed by atoms with Gasteiger partial charge in [-0.05, 0) is 34.9 Å². The van der Waals surface area contributed by atoms with Gasteiger partial charge in [-0.3, -0.25) is 0 Å². The average molecular weight is 145 g/mol. The SMILES string of the molecule is O=Nc1ccc2c(c1)C=CC2. The Bertz CT molecular complexity index is 328. The van der Waals surface area contributed by atoms with Crippen molar-refractivity contribution in [2.75, 3.05) is 0 Å². The minimum absolute atomic E-state index is 0.510. The van der Waals surface area contributed by atoms with Crippen LogP contribution in [0.5, 0.6) is 0 Å². The quantitative estimate of drug-likeness (QED) is 0.558. The van der Waals surface area contributed by atoms with E-state index >= 15 is 0 Å². The zero-order valence-electron chi connectivity index (χ0n) is 5.95. The van der Waals surface area contributed by atoms with E-state index in [2.05, 4.69) is 11.3 Å². The molecule has 2 heteroatoms. The van der Waals surface area contributed by atoms with E-state index in [1.807, 2.05) is 18.2 Å². The molecule has 0 amide bonds. The molecule has 0 atom stereocenters. The molecule has 0 N–H and O–H groups in total. The number of allylic oxidation sites excluding steroid dienone is 1. The summed E-state index contributed by atoms with van der Waals surface area (Å²) in [6.45, 7) is 0. The van der Waals surface area contributed by atoms with Crippen LogP contribution in [-0.4, -0.2) is 0 Å². The van der Waals surface area contributed by atoms with Gasteiger partial charge < -0.3 is 0 Å². The molecule has 0 fully saturated rings. The predicted octanol–water partition coefficient (Wildman–Crippen LogP) is 2.65. The lowest BCUT2D eigenvalue weighted by molar-refractivity contribution is 1.30. The van der Waals surface area contributed by atoms with Gasteiger partial charge >= 0.3 is 0 Å². The van der Waals surface area contributed by atoms with Crippen LogP contribution in [0.4, 0.5) is 5.69 Å². The summed E-state index contributed by atoms with van der Waals surface area (Å²) in [5.41, 5.74) is 2.91. The normalized spacial score (nSPS) is 13.1. The maximum atomic E-state index is 10.1. The van der Waals surface area contributed by atoms with Crippen molar-refractivity contribution >= 4 is 11.8 Å². The highest BCUT2D eigenvalue weighted by Gasteiger charge is 2.04. The minimum atomic E-state index is 0.510. The largest absolute Gasteiger partial charge is 0.145 e. The summed E-state index contributed by atoms with van der Waals surface area (Å²) in [5, 5.41) is 2.86. The van der Waals surface area contributed by atoms with Gasteiger partial charge in [0.2, 0.25) is 0 Å². The molecule has 11 heavy (non-hydrogen) atoms. The second-order valence-electron chi connectivity index (χ2n) is 2.58. The molecule has 1 aromatic rings. The first-order valence-corrected chi connectivity index (χ1v) is 3.53. The molecule has 2 rings (SSSR count). The van der Waals surface area contributed by atoms with Gasteiger partial charge in [0.25, 0.3) is 0 Å². The van der Waals surface area contributed by atoms with Crippen molar-refractivity contribution in [2.24, 2.45) is 5.18 Å². The molecule has 1 aliphatic carbocycles. The van der Waals surface area contributed by atoms with Crippen LogP contribution in [-0.2, 0) is 6.42 Å². The van der Waals surface area contributed by atoms with E-state index < -0.39 is 0 Å². The van der Waals surface area contributed by atoms with Gasteiger partial charge in [0.05, 0.1) is 0 Å².